The van der Waals surface area contributed by atoms with Crippen molar-refractivity contribution < 1.29 is 13.5 Å². The molecule has 0 amide bonds. The number of sulfonamides is 1. The monoisotopic (exact) mass is 264 g/mol. The van der Waals surface area contributed by atoms with Crippen LogP contribution in [0.1, 0.15) is 6.92 Å². The van der Waals surface area contributed by atoms with Gasteiger partial charge < -0.3 is 10.8 Å². The summed E-state index contributed by atoms with van der Waals surface area (Å²) in [5.74, 6) is 0. The van der Waals surface area contributed by atoms with E-state index >= 15 is 0 Å². The van der Waals surface area contributed by atoms with Gasteiger partial charge in [-0.05, 0) is 25.1 Å². The van der Waals surface area contributed by atoms with Crippen LogP contribution in [0.2, 0.25) is 5.02 Å². The zero-order valence-electron chi connectivity index (χ0n) is 8.64. The van der Waals surface area contributed by atoms with Crippen molar-refractivity contribution in [1.29, 1.82) is 0 Å². The number of aliphatic hydroxyl groups excluding tert-OH is 1. The molecular formula is C9H13ClN2O3S. The van der Waals surface area contributed by atoms with Crippen molar-refractivity contribution in [3.8, 4) is 0 Å². The Kier molecular flexibility index (Phi) is 4.15. The van der Waals surface area contributed by atoms with Gasteiger partial charge in [-0.2, -0.15) is 0 Å². The maximum Gasteiger partial charge on any atom is 0.242 e. The average Bonchev–Trinajstić information content (AvgIpc) is 2.16. The molecule has 0 aromatic heterocycles. The molecule has 0 heterocycles. The van der Waals surface area contributed by atoms with Gasteiger partial charge in [0.15, 0.2) is 0 Å². The van der Waals surface area contributed by atoms with Crippen LogP contribution in [-0.4, -0.2) is 26.2 Å². The number of hydrogen-bond acceptors (Lipinski definition) is 4. The smallest absolute Gasteiger partial charge is 0.242 e. The summed E-state index contributed by atoms with van der Waals surface area (Å²) in [6.07, 6.45) is 0. The van der Waals surface area contributed by atoms with E-state index in [0.717, 1.165) is 0 Å². The van der Waals surface area contributed by atoms with E-state index in [2.05, 4.69) is 4.72 Å². The van der Waals surface area contributed by atoms with Crippen LogP contribution in [0.3, 0.4) is 0 Å². The molecule has 0 aliphatic heterocycles. The fraction of sp³-hybridized carbons (Fsp3) is 0.333. The molecule has 0 saturated heterocycles. The zero-order chi connectivity index (χ0) is 12.3. The van der Waals surface area contributed by atoms with Crippen LogP contribution in [0.4, 0.5) is 5.69 Å². The van der Waals surface area contributed by atoms with Gasteiger partial charge in [-0.25, -0.2) is 13.1 Å². The van der Waals surface area contributed by atoms with Crippen molar-refractivity contribution >= 4 is 27.3 Å². The lowest BCUT2D eigenvalue weighted by atomic mass is 10.3. The summed E-state index contributed by atoms with van der Waals surface area (Å²) < 4.78 is 25.9. The van der Waals surface area contributed by atoms with E-state index in [4.69, 9.17) is 22.4 Å². The second-order valence-electron chi connectivity index (χ2n) is 3.39. The maximum absolute atomic E-state index is 11.8. The van der Waals surface area contributed by atoms with E-state index in [9.17, 15) is 8.42 Å². The molecule has 1 atom stereocenters. The third-order valence-electron chi connectivity index (χ3n) is 1.88. The molecule has 0 fully saturated rings. The van der Waals surface area contributed by atoms with Crippen LogP contribution in [0.25, 0.3) is 0 Å². The lowest BCUT2D eigenvalue weighted by Gasteiger charge is -2.12. The summed E-state index contributed by atoms with van der Waals surface area (Å²) in [6.45, 7) is 1.26. The first-order valence-corrected chi connectivity index (χ1v) is 6.41. The highest BCUT2D eigenvalue weighted by Gasteiger charge is 2.19. The van der Waals surface area contributed by atoms with Gasteiger partial charge in [0.05, 0.1) is 11.6 Å². The summed E-state index contributed by atoms with van der Waals surface area (Å²) >= 11 is 5.78. The Morgan fingerprint density at radius 3 is 2.69 bits per heavy atom. The highest BCUT2D eigenvalue weighted by Crippen LogP contribution is 2.23. The fourth-order valence-electron chi connectivity index (χ4n) is 1.10. The van der Waals surface area contributed by atoms with Gasteiger partial charge in [-0.3, -0.25) is 0 Å². The molecule has 7 heteroatoms. The van der Waals surface area contributed by atoms with Gasteiger partial charge in [0.2, 0.25) is 10.0 Å². The molecule has 1 aromatic carbocycles. The van der Waals surface area contributed by atoms with E-state index in [1.54, 1.807) is 6.92 Å². The molecule has 1 aromatic rings. The van der Waals surface area contributed by atoms with Crippen LogP contribution < -0.4 is 10.5 Å². The molecule has 0 aliphatic rings. The van der Waals surface area contributed by atoms with Crippen molar-refractivity contribution in [1.82, 2.24) is 4.72 Å². The molecule has 1 unspecified atom stereocenters. The number of rotatable bonds is 4. The molecule has 16 heavy (non-hydrogen) atoms. The van der Waals surface area contributed by atoms with Gasteiger partial charge in [0.1, 0.15) is 4.90 Å². The number of nitrogen functional groups attached to an aromatic ring is 1. The lowest BCUT2D eigenvalue weighted by molar-refractivity contribution is 0.265. The molecule has 0 aliphatic carbocycles. The minimum Gasteiger partial charge on any atom is -0.399 e. The fourth-order valence-corrected chi connectivity index (χ4v) is 2.89. The predicted octanol–water partition coefficient (Wildman–Crippen LogP) is 0.581. The Bertz CT molecular complexity index is 476. The molecule has 0 saturated carbocycles. The Morgan fingerprint density at radius 1 is 1.56 bits per heavy atom. The number of benzene rings is 1. The van der Waals surface area contributed by atoms with Crippen molar-refractivity contribution in [3.05, 3.63) is 23.2 Å². The Balaban J connectivity index is 3.08. The first-order valence-electron chi connectivity index (χ1n) is 4.55. The van der Waals surface area contributed by atoms with E-state index in [1.165, 1.54) is 18.2 Å². The molecule has 0 radical (unpaired) electrons. The minimum atomic E-state index is -3.72. The van der Waals surface area contributed by atoms with Crippen LogP contribution in [0.15, 0.2) is 23.1 Å². The maximum atomic E-state index is 11.8. The van der Waals surface area contributed by atoms with Crippen LogP contribution >= 0.6 is 11.6 Å². The average molecular weight is 265 g/mol. The second-order valence-corrected chi connectivity index (χ2v) is 5.48. The zero-order valence-corrected chi connectivity index (χ0v) is 10.2. The standard InChI is InChI=1S/C9H13ClN2O3S/c1-6(5-13)12-16(14,15)9-3-2-7(11)4-8(9)10/h2-4,6,12-13H,5,11H2,1H3. The third kappa shape index (κ3) is 3.08. The first kappa shape index (κ1) is 13.2. The van der Waals surface area contributed by atoms with Gasteiger partial charge in [-0.1, -0.05) is 11.6 Å². The Hall–Kier alpha value is -0.820. The summed E-state index contributed by atoms with van der Waals surface area (Å²) in [5.41, 5.74) is 5.85. The predicted molar refractivity (Wildman–Crippen MR) is 62.7 cm³/mol. The first-order chi connectivity index (χ1) is 7.36. The number of anilines is 1. The molecule has 0 spiro atoms. The summed E-state index contributed by atoms with van der Waals surface area (Å²) in [4.78, 5) is -0.0522. The normalized spacial score (nSPS) is 13.7. The quantitative estimate of drug-likeness (QED) is 0.694. The Labute approximate surface area is 99.3 Å². The molecule has 1 rings (SSSR count). The summed E-state index contributed by atoms with van der Waals surface area (Å²) in [6, 6.07) is 3.56. The van der Waals surface area contributed by atoms with E-state index in [-0.39, 0.29) is 16.5 Å². The molecular weight excluding hydrogens is 252 g/mol. The van der Waals surface area contributed by atoms with Gasteiger partial charge in [-0.15, -0.1) is 0 Å². The Morgan fingerprint density at radius 2 is 2.19 bits per heavy atom. The van der Waals surface area contributed by atoms with Crippen molar-refractivity contribution in [2.24, 2.45) is 0 Å². The number of nitrogens with two attached hydrogens (primary N) is 1. The van der Waals surface area contributed by atoms with Crippen molar-refractivity contribution in [3.63, 3.8) is 0 Å². The SMILES string of the molecule is CC(CO)NS(=O)(=O)c1ccc(N)cc1Cl. The second kappa shape index (κ2) is 5.01. The van der Waals surface area contributed by atoms with E-state index in [1.807, 2.05) is 0 Å². The van der Waals surface area contributed by atoms with Crippen LogP contribution in [0.5, 0.6) is 0 Å². The molecule has 4 N–H and O–H groups in total. The van der Waals surface area contributed by atoms with Crippen LogP contribution in [-0.2, 0) is 10.0 Å². The van der Waals surface area contributed by atoms with Gasteiger partial charge in [0.25, 0.3) is 0 Å². The number of hydrogen-bond donors (Lipinski definition) is 3. The number of nitrogens with one attached hydrogen (secondary N) is 1. The molecule has 0 bridgehead atoms. The van der Waals surface area contributed by atoms with E-state index in [0.29, 0.717) is 5.69 Å². The lowest BCUT2D eigenvalue weighted by Crippen LogP contribution is -2.35. The van der Waals surface area contributed by atoms with Gasteiger partial charge in [0, 0.05) is 11.7 Å². The molecule has 5 nitrogen and oxygen atoms in total. The number of halogens is 1. The third-order valence-corrected chi connectivity index (χ3v) is 3.95. The van der Waals surface area contributed by atoms with Crippen molar-refractivity contribution in [2.75, 3.05) is 12.3 Å². The highest BCUT2D eigenvalue weighted by atomic mass is 35.5. The van der Waals surface area contributed by atoms with E-state index < -0.39 is 16.1 Å². The molecule has 90 valence electrons. The largest absolute Gasteiger partial charge is 0.399 e. The summed E-state index contributed by atoms with van der Waals surface area (Å²) in [5, 5.41) is 8.83. The van der Waals surface area contributed by atoms with Crippen molar-refractivity contribution in [2.45, 2.75) is 17.9 Å². The van der Waals surface area contributed by atoms with Crippen LogP contribution in [0, 0.1) is 0 Å². The van der Waals surface area contributed by atoms with Gasteiger partial charge >= 0.3 is 0 Å². The highest BCUT2D eigenvalue weighted by molar-refractivity contribution is 7.89. The minimum absolute atomic E-state index is 0.0522. The number of aliphatic hydroxyl groups is 1. The topological polar surface area (TPSA) is 92.4 Å². The summed E-state index contributed by atoms with van der Waals surface area (Å²) in [7, 11) is -3.72.